The van der Waals surface area contributed by atoms with Crippen molar-refractivity contribution < 1.29 is 17.9 Å². The molecule has 14 heavy (non-hydrogen) atoms. The first-order valence-electron chi connectivity index (χ1n) is 3.61. The van der Waals surface area contributed by atoms with Gasteiger partial charge in [0.05, 0.1) is 5.69 Å². The average Bonchev–Trinajstić information content (AvgIpc) is 1.96. The van der Waals surface area contributed by atoms with Crippen LogP contribution in [0.15, 0.2) is 12.1 Å². The fourth-order valence-corrected chi connectivity index (χ4v) is 1.20. The summed E-state index contributed by atoms with van der Waals surface area (Å²) in [6.45, 7) is 1.55. The minimum atomic E-state index is -4.76. The van der Waals surface area contributed by atoms with Crippen LogP contribution in [0.25, 0.3) is 0 Å². The molecule has 1 aromatic carbocycles. The molecule has 0 radical (unpaired) electrons. The van der Waals surface area contributed by atoms with Crippen molar-refractivity contribution in [2.75, 3.05) is 5.73 Å². The first kappa shape index (κ1) is 11.0. The van der Waals surface area contributed by atoms with E-state index in [1.54, 1.807) is 6.92 Å². The smallest absolute Gasteiger partial charge is 0.404 e. The highest BCUT2D eigenvalue weighted by Crippen LogP contribution is 2.33. The zero-order valence-electron chi connectivity index (χ0n) is 7.15. The third kappa shape index (κ3) is 2.70. The second-order valence-corrected chi connectivity index (χ2v) is 3.12. The first-order chi connectivity index (χ1) is 6.29. The van der Waals surface area contributed by atoms with E-state index in [0.29, 0.717) is 5.56 Å². The Balaban J connectivity index is 3.09. The molecule has 1 rings (SSSR count). The summed E-state index contributed by atoms with van der Waals surface area (Å²) in [4.78, 5) is 0. The number of halogens is 4. The molecule has 0 heterocycles. The summed E-state index contributed by atoms with van der Waals surface area (Å²) >= 11 is 5.55. The van der Waals surface area contributed by atoms with Gasteiger partial charge < -0.3 is 10.5 Å². The standard InChI is InChI=1S/C8H7ClF3NO/c1-4-2-5(9)3-6(7(4)13)14-8(10,11)12/h2-3H,13H2,1H3. The zero-order chi connectivity index (χ0) is 10.9. The quantitative estimate of drug-likeness (QED) is 0.746. The highest BCUT2D eigenvalue weighted by molar-refractivity contribution is 6.30. The minimum absolute atomic E-state index is 0.0632. The van der Waals surface area contributed by atoms with Gasteiger partial charge in [0.15, 0.2) is 5.75 Å². The van der Waals surface area contributed by atoms with Crippen molar-refractivity contribution in [3.8, 4) is 5.75 Å². The van der Waals surface area contributed by atoms with Gasteiger partial charge in [-0.1, -0.05) is 11.6 Å². The van der Waals surface area contributed by atoms with E-state index in [4.69, 9.17) is 17.3 Å². The second-order valence-electron chi connectivity index (χ2n) is 2.68. The monoisotopic (exact) mass is 225 g/mol. The van der Waals surface area contributed by atoms with Gasteiger partial charge in [0, 0.05) is 11.1 Å². The summed E-state index contributed by atoms with van der Waals surface area (Å²) in [7, 11) is 0. The van der Waals surface area contributed by atoms with Crippen molar-refractivity contribution in [2.24, 2.45) is 0 Å². The molecule has 0 saturated carbocycles. The number of ether oxygens (including phenoxy) is 1. The molecule has 0 atom stereocenters. The van der Waals surface area contributed by atoms with E-state index in [1.807, 2.05) is 0 Å². The predicted molar refractivity (Wildman–Crippen MR) is 47.3 cm³/mol. The van der Waals surface area contributed by atoms with Crippen molar-refractivity contribution >= 4 is 17.3 Å². The molecule has 0 aliphatic rings. The van der Waals surface area contributed by atoms with E-state index < -0.39 is 12.1 Å². The van der Waals surface area contributed by atoms with E-state index in [1.165, 1.54) is 6.07 Å². The number of aryl methyl sites for hydroxylation is 1. The largest absolute Gasteiger partial charge is 0.573 e. The van der Waals surface area contributed by atoms with Crippen LogP contribution in [0.4, 0.5) is 18.9 Å². The molecule has 0 unspecified atom stereocenters. The van der Waals surface area contributed by atoms with Gasteiger partial charge in [-0.25, -0.2) is 0 Å². The van der Waals surface area contributed by atoms with Crippen LogP contribution in [0.2, 0.25) is 5.02 Å². The summed E-state index contributed by atoms with van der Waals surface area (Å²) in [6.07, 6.45) is -4.76. The summed E-state index contributed by atoms with van der Waals surface area (Å²) in [5.41, 5.74) is 5.75. The topological polar surface area (TPSA) is 35.2 Å². The molecule has 0 fully saturated rings. The Morgan fingerprint density at radius 1 is 1.36 bits per heavy atom. The Bertz CT molecular complexity index is 351. The minimum Gasteiger partial charge on any atom is -0.404 e. The summed E-state index contributed by atoms with van der Waals surface area (Å²) in [5.74, 6) is -0.470. The molecule has 0 bridgehead atoms. The molecule has 2 nitrogen and oxygen atoms in total. The van der Waals surface area contributed by atoms with E-state index in [0.717, 1.165) is 6.07 Å². The molecule has 2 N–H and O–H groups in total. The Kier molecular flexibility index (Phi) is 2.80. The van der Waals surface area contributed by atoms with Gasteiger partial charge in [0.2, 0.25) is 0 Å². The maximum Gasteiger partial charge on any atom is 0.573 e. The normalized spacial score (nSPS) is 11.5. The van der Waals surface area contributed by atoms with Gasteiger partial charge >= 0.3 is 6.36 Å². The molecule has 0 amide bonds. The number of hydrogen-bond donors (Lipinski definition) is 1. The Morgan fingerprint density at radius 2 is 1.93 bits per heavy atom. The average molecular weight is 226 g/mol. The zero-order valence-corrected chi connectivity index (χ0v) is 7.91. The van der Waals surface area contributed by atoms with Gasteiger partial charge in [-0.15, -0.1) is 13.2 Å². The van der Waals surface area contributed by atoms with E-state index in [9.17, 15) is 13.2 Å². The van der Waals surface area contributed by atoms with Crippen molar-refractivity contribution in [1.29, 1.82) is 0 Å². The second kappa shape index (κ2) is 3.57. The number of alkyl halides is 3. The maximum absolute atomic E-state index is 11.9. The highest BCUT2D eigenvalue weighted by atomic mass is 35.5. The van der Waals surface area contributed by atoms with Crippen molar-refractivity contribution in [3.63, 3.8) is 0 Å². The maximum atomic E-state index is 11.9. The molecule has 0 spiro atoms. The Labute approximate surface area is 83.4 Å². The van der Waals surface area contributed by atoms with E-state index in [-0.39, 0.29) is 10.7 Å². The van der Waals surface area contributed by atoms with Gasteiger partial charge in [-0.3, -0.25) is 0 Å². The molecular formula is C8H7ClF3NO. The van der Waals surface area contributed by atoms with Crippen molar-refractivity contribution in [3.05, 3.63) is 22.7 Å². The highest BCUT2D eigenvalue weighted by Gasteiger charge is 2.32. The van der Waals surface area contributed by atoms with Crippen LogP contribution in [-0.4, -0.2) is 6.36 Å². The van der Waals surface area contributed by atoms with Crippen LogP contribution in [0, 0.1) is 6.92 Å². The van der Waals surface area contributed by atoms with Crippen LogP contribution in [0.1, 0.15) is 5.56 Å². The fraction of sp³-hybridized carbons (Fsp3) is 0.250. The summed E-state index contributed by atoms with van der Waals surface area (Å²) < 4.78 is 39.3. The molecule has 78 valence electrons. The molecule has 0 aromatic heterocycles. The predicted octanol–water partition coefficient (Wildman–Crippen LogP) is 3.13. The lowest BCUT2D eigenvalue weighted by atomic mass is 10.2. The van der Waals surface area contributed by atoms with Crippen molar-refractivity contribution in [1.82, 2.24) is 0 Å². The third-order valence-corrected chi connectivity index (χ3v) is 1.76. The lowest BCUT2D eigenvalue weighted by Crippen LogP contribution is -2.18. The van der Waals surface area contributed by atoms with Crippen LogP contribution in [-0.2, 0) is 0 Å². The number of nitrogen functional groups attached to an aromatic ring is 1. The fourth-order valence-electron chi connectivity index (χ4n) is 0.933. The van der Waals surface area contributed by atoms with Gasteiger partial charge in [-0.2, -0.15) is 0 Å². The van der Waals surface area contributed by atoms with Gasteiger partial charge in [0.1, 0.15) is 0 Å². The summed E-state index contributed by atoms with van der Waals surface area (Å²) in [6, 6.07) is 2.48. The van der Waals surface area contributed by atoms with Crippen molar-refractivity contribution in [2.45, 2.75) is 13.3 Å². The summed E-state index contributed by atoms with van der Waals surface area (Å²) in [5, 5.41) is 0.149. The third-order valence-electron chi connectivity index (χ3n) is 1.54. The van der Waals surface area contributed by atoms with Gasteiger partial charge in [-0.05, 0) is 18.6 Å². The molecule has 1 aromatic rings. The number of anilines is 1. The van der Waals surface area contributed by atoms with E-state index in [2.05, 4.69) is 4.74 Å². The number of benzene rings is 1. The number of rotatable bonds is 1. The first-order valence-corrected chi connectivity index (χ1v) is 3.99. The Morgan fingerprint density at radius 3 is 2.43 bits per heavy atom. The Hall–Kier alpha value is -1.10. The molecule has 0 aliphatic carbocycles. The molecular weight excluding hydrogens is 219 g/mol. The van der Waals surface area contributed by atoms with Crippen LogP contribution in [0.5, 0.6) is 5.75 Å². The molecule has 0 aliphatic heterocycles. The molecule has 6 heteroatoms. The lowest BCUT2D eigenvalue weighted by Gasteiger charge is -2.12. The number of nitrogens with two attached hydrogens (primary N) is 1. The van der Waals surface area contributed by atoms with Crippen LogP contribution >= 0.6 is 11.6 Å². The lowest BCUT2D eigenvalue weighted by molar-refractivity contribution is -0.274. The SMILES string of the molecule is Cc1cc(Cl)cc(OC(F)(F)F)c1N. The van der Waals surface area contributed by atoms with Gasteiger partial charge in [0.25, 0.3) is 0 Å². The van der Waals surface area contributed by atoms with Crippen LogP contribution in [0.3, 0.4) is 0 Å². The van der Waals surface area contributed by atoms with E-state index >= 15 is 0 Å². The van der Waals surface area contributed by atoms with Crippen LogP contribution < -0.4 is 10.5 Å². The number of hydrogen-bond acceptors (Lipinski definition) is 2. The molecule has 0 saturated heterocycles.